The number of rotatable bonds is 6. The molecule has 2 aromatic rings. The van der Waals surface area contributed by atoms with Gasteiger partial charge in [-0.25, -0.2) is 0 Å². The van der Waals surface area contributed by atoms with Crippen LogP contribution in [0.4, 0.5) is 0 Å². The van der Waals surface area contributed by atoms with Crippen molar-refractivity contribution in [3.05, 3.63) is 59.2 Å². The molecule has 0 fully saturated rings. The lowest BCUT2D eigenvalue weighted by atomic mass is 10.1. The largest absolute Gasteiger partial charge is 0.494 e. The summed E-state index contributed by atoms with van der Waals surface area (Å²) in [6, 6.07) is 14.0. The Kier molecular flexibility index (Phi) is 5.45. The Morgan fingerprint density at radius 1 is 1.19 bits per heavy atom. The van der Waals surface area contributed by atoms with Gasteiger partial charge in [0.05, 0.1) is 6.61 Å². The molecule has 0 atom stereocenters. The van der Waals surface area contributed by atoms with Crippen molar-refractivity contribution in [2.75, 3.05) is 6.61 Å². The second-order valence-electron chi connectivity index (χ2n) is 4.87. The van der Waals surface area contributed by atoms with Crippen molar-refractivity contribution >= 4 is 17.5 Å². The van der Waals surface area contributed by atoms with Crippen molar-refractivity contribution < 1.29 is 9.53 Å². The first-order valence-electron chi connectivity index (χ1n) is 7.07. The highest BCUT2D eigenvalue weighted by Gasteiger charge is 2.09. The number of thioether (sulfide) groups is 1. The van der Waals surface area contributed by atoms with Crippen LogP contribution in [0.5, 0.6) is 5.75 Å². The van der Waals surface area contributed by atoms with E-state index in [4.69, 9.17) is 4.74 Å². The minimum Gasteiger partial charge on any atom is -0.494 e. The molecule has 2 aromatic carbocycles. The molecule has 3 heteroatoms. The molecule has 2 rings (SSSR count). The van der Waals surface area contributed by atoms with E-state index < -0.39 is 0 Å². The number of hydrogen-bond donors (Lipinski definition) is 0. The number of Topliss-reactive ketones (excluding diaryl/α,β-unsaturated/α-hetero) is 1. The van der Waals surface area contributed by atoms with Crippen LogP contribution in [-0.4, -0.2) is 12.4 Å². The number of carbonyl (C=O) groups excluding carboxylic acids is 1. The number of hydrogen-bond acceptors (Lipinski definition) is 3. The summed E-state index contributed by atoms with van der Waals surface area (Å²) in [7, 11) is 0. The van der Waals surface area contributed by atoms with Crippen molar-refractivity contribution in [3.63, 3.8) is 0 Å². The first-order valence-corrected chi connectivity index (χ1v) is 8.05. The van der Waals surface area contributed by atoms with Crippen LogP contribution in [0.15, 0.2) is 47.4 Å². The van der Waals surface area contributed by atoms with Crippen LogP contribution in [0.3, 0.4) is 0 Å². The molecule has 0 amide bonds. The Bertz CT molecular complexity index is 635. The van der Waals surface area contributed by atoms with E-state index in [1.807, 2.05) is 37.3 Å². The van der Waals surface area contributed by atoms with Crippen LogP contribution in [0.2, 0.25) is 0 Å². The number of ketones is 1. The second kappa shape index (κ2) is 7.32. The number of ether oxygens (including phenoxy) is 1. The molecule has 0 aliphatic carbocycles. The predicted molar refractivity (Wildman–Crippen MR) is 88.4 cm³/mol. The lowest BCUT2D eigenvalue weighted by molar-refractivity contribution is 0.101. The Morgan fingerprint density at radius 3 is 2.62 bits per heavy atom. The van der Waals surface area contributed by atoms with E-state index in [9.17, 15) is 4.79 Å². The van der Waals surface area contributed by atoms with E-state index in [-0.39, 0.29) is 5.78 Å². The summed E-state index contributed by atoms with van der Waals surface area (Å²) in [5.74, 6) is 1.74. The summed E-state index contributed by atoms with van der Waals surface area (Å²) in [6.45, 7) is 6.30. The maximum absolute atomic E-state index is 11.5. The molecule has 0 spiro atoms. The summed E-state index contributed by atoms with van der Waals surface area (Å²) in [5, 5.41) is 0. The number of benzene rings is 2. The van der Waals surface area contributed by atoms with Gasteiger partial charge in [0.1, 0.15) is 5.75 Å². The van der Waals surface area contributed by atoms with E-state index in [0.717, 1.165) is 22.6 Å². The molecule has 0 aliphatic heterocycles. The lowest BCUT2D eigenvalue weighted by Gasteiger charge is -2.12. The lowest BCUT2D eigenvalue weighted by Crippen LogP contribution is -1.99. The van der Waals surface area contributed by atoms with Gasteiger partial charge in [-0.05, 0) is 50.6 Å². The SMILES string of the molecule is CCOc1ccc(C(C)=O)cc1CSc1ccccc1C. The fourth-order valence-electron chi connectivity index (χ4n) is 2.08. The normalized spacial score (nSPS) is 10.4. The van der Waals surface area contributed by atoms with Crippen LogP contribution in [0.25, 0.3) is 0 Å². The molecule has 0 aliphatic rings. The summed E-state index contributed by atoms with van der Waals surface area (Å²) >= 11 is 1.77. The maximum Gasteiger partial charge on any atom is 0.159 e. The van der Waals surface area contributed by atoms with Crippen LogP contribution >= 0.6 is 11.8 Å². The smallest absolute Gasteiger partial charge is 0.159 e. The van der Waals surface area contributed by atoms with Crippen LogP contribution < -0.4 is 4.74 Å². The molecule has 21 heavy (non-hydrogen) atoms. The van der Waals surface area contributed by atoms with E-state index >= 15 is 0 Å². The minimum absolute atomic E-state index is 0.0835. The van der Waals surface area contributed by atoms with Gasteiger partial charge in [-0.15, -0.1) is 11.8 Å². The van der Waals surface area contributed by atoms with Crippen LogP contribution in [-0.2, 0) is 5.75 Å². The Morgan fingerprint density at radius 2 is 1.95 bits per heavy atom. The zero-order valence-corrected chi connectivity index (χ0v) is 13.5. The molecule has 0 saturated carbocycles. The van der Waals surface area contributed by atoms with E-state index in [1.54, 1.807) is 18.7 Å². The third kappa shape index (κ3) is 4.11. The van der Waals surface area contributed by atoms with Gasteiger partial charge in [-0.2, -0.15) is 0 Å². The topological polar surface area (TPSA) is 26.3 Å². The summed E-state index contributed by atoms with van der Waals surface area (Å²) in [5.41, 5.74) is 3.07. The molecule has 0 aromatic heterocycles. The maximum atomic E-state index is 11.5. The highest BCUT2D eigenvalue weighted by atomic mass is 32.2. The number of aryl methyl sites for hydroxylation is 1. The molecule has 0 bridgehead atoms. The molecule has 0 saturated heterocycles. The standard InChI is InChI=1S/C18H20O2S/c1-4-20-17-10-9-15(14(3)19)11-16(17)12-21-18-8-6-5-7-13(18)2/h5-11H,4,12H2,1-3H3. The van der Waals surface area contributed by atoms with Crippen molar-refractivity contribution in [2.45, 2.75) is 31.4 Å². The summed E-state index contributed by atoms with van der Waals surface area (Å²) < 4.78 is 5.67. The highest BCUT2D eigenvalue weighted by molar-refractivity contribution is 7.98. The molecular weight excluding hydrogens is 280 g/mol. The fraction of sp³-hybridized carbons (Fsp3) is 0.278. The third-order valence-electron chi connectivity index (χ3n) is 3.24. The summed E-state index contributed by atoms with van der Waals surface area (Å²) in [4.78, 5) is 12.8. The van der Waals surface area contributed by atoms with Crippen molar-refractivity contribution in [3.8, 4) is 5.75 Å². The zero-order valence-electron chi connectivity index (χ0n) is 12.7. The van der Waals surface area contributed by atoms with Crippen molar-refractivity contribution in [1.29, 1.82) is 0 Å². The average Bonchev–Trinajstić information content (AvgIpc) is 2.47. The molecular formula is C18H20O2S. The van der Waals surface area contributed by atoms with Gasteiger partial charge in [0.15, 0.2) is 5.78 Å². The fourth-order valence-corrected chi connectivity index (χ4v) is 3.09. The van der Waals surface area contributed by atoms with Crippen molar-refractivity contribution in [2.24, 2.45) is 0 Å². The zero-order chi connectivity index (χ0) is 15.2. The quantitative estimate of drug-likeness (QED) is 0.561. The molecule has 0 N–H and O–H groups in total. The van der Waals surface area contributed by atoms with Gasteiger partial charge in [-0.1, -0.05) is 18.2 Å². The first-order chi connectivity index (χ1) is 10.1. The molecule has 0 heterocycles. The summed E-state index contributed by atoms with van der Waals surface area (Å²) in [6.07, 6.45) is 0. The van der Waals surface area contributed by atoms with Gasteiger partial charge in [0.25, 0.3) is 0 Å². The highest BCUT2D eigenvalue weighted by Crippen LogP contribution is 2.30. The average molecular weight is 300 g/mol. The molecule has 0 radical (unpaired) electrons. The van der Waals surface area contributed by atoms with Gasteiger partial charge in [0, 0.05) is 21.8 Å². The predicted octanol–water partition coefficient (Wildman–Crippen LogP) is 4.89. The molecule has 110 valence electrons. The first kappa shape index (κ1) is 15.6. The van der Waals surface area contributed by atoms with E-state index in [2.05, 4.69) is 19.1 Å². The van der Waals surface area contributed by atoms with Crippen LogP contribution in [0, 0.1) is 6.92 Å². The molecule has 2 nitrogen and oxygen atoms in total. The number of carbonyl (C=O) groups is 1. The second-order valence-corrected chi connectivity index (χ2v) is 5.88. The minimum atomic E-state index is 0.0835. The van der Waals surface area contributed by atoms with Gasteiger partial charge >= 0.3 is 0 Å². The van der Waals surface area contributed by atoms with Gasteiger partial charge in [-0.3, -0.25) is 4.79 Å². The Balaban J connectivity index is 2.22. The van der Waals surface area contributed by atoms with E-state index in [0.29, 0.717) is 6.61 Å². The van der Waals surface area contributed by atoms with Gasteiger partial charge in [0.2, 0.25) is 0 Å². The van der Waals surface area contributed by atoms with Gasteiger partial charge < -0.3 is 4.74 Å². The third-order valence-corrected chi connectivity index (χ3v) is 4.47. The van der Waals surface area contributed by atoms with E-state index in [1.165, 1.54) is 10.5 Å². The van der Waals surface area contributed by atoms with Crippen LogP contribution in [0.1, 0.15) is 35.3 Å². The monoisotopic (exact) mass is 300 g/mol. The van der Waals surface area contributed by atoms with Crippen molar-refractivity contribution in [1.82, 2.24) is 0 Å². The Labute approximate surface area is 130 Å². The Hall–Kier alpha value is -1.74. The molecule has 0 unspecified atom stereocenters.